The quantitative estimate of drug-likeness (QED) is 0.501. The van der Waals surface area contributed by atoms with Gasteiger partial charge in [0.05, 0.1) is 0 Å². The van der Waals surface area contributed by atoms with Crippen LogP contribution in [0.3, 0.4) is 0 Å². The molecule has 19 heavy (non-hydrogen) atoms. The topological polar surface area (TPSA) is 54.4 Å². The molecule has 0 saturated heterocycles. The fourth-order valence-corrected chi connectivity index (χ4v) is 2.73. The summed E-state index contributed by atoms with van der Waals surface area (Å²) in [5.74, 6) is 0.112. The van der Waals surface area contributed by atoms with Crippen molar-refractivity contribution in [3.63, 3.8) is 0 Å². The van der Waals surface area contributed by atoms with Crippen LogP contribution in [0.2, 0.25) is 0 Å². The maximum absolute atomic E-state index is 11.5. The number of hydrogen-bond acceptors (Lipinski definition) is 3. The first-order valence-corrected chi connectivity index (χ1v) is 8.52. The fourth-order valence-electron chi connectivity index (χ4n) is 1.86. The molecule has 0 saturated carbocycles. The van der Waals surface area contributed by atoms with Crippen LogP contribution in [0, 0.1) is 0 Å². The van der Waals surface area contributed by atoms with E-state index in [0.717, 1.165) is 31.4 Å². The van der Waals surface area contributed by atoms with E-state index in [0.29, 0.717) is 11.5 Å². The third kappa shape index (κ3) is 15.4. The molecule has 0 aliphatic carbocycles. The molecule has 3 nitrogen and oxygen atoms in total. The minimum atomic E-state index is -0.730. The monoisotopic (exact) mass is 288 g/mol. The molecule has 0 rings (SSSR count). The summed E-state index contributed by atoms with van der Waals surface area (Å²) in [6.07, 6.45) is 10.8. The molecule has 0 spiro atoms. The van der Waals surface area contributed by atoms with Crippen molar-refractivity contribution in [1.29, 1.82) is 0 Å². The van der Waals surface area contributed by atoms with E-state index < -0.39 is 5.97 Å². The van der Waals surface area contributed by atoms with E-state index >= 15 is 0 Å². The van der Waals surface area contributed by atoms with Crippen LogP contribution in [0.25, 0.3) is 0 Å². The number of rotatable bonds is 13. The maximum Gasteiger partial charge on any atom is 0.303 e. The SMILES string of the molecule is CCCCCCCCC(=O)SCCCCCC(=O)O. The second kappa shape index (κ2) is 13.9. The smallest absolute Gasteiger partial charge is 0.303 e. The van der Waals surface area contributed by atoms with E-state index in [9.17, 15) is 9.59 Å². The van der Waals surface area contributed by atoms with Crippen molar-refractivity contribution < 1.29 is 14.7 Å². The molecule has 0 aromatic heterocycles. The molecule has 1 N–H and O–H groups in total. The molecule has 0 heterocycles. The zero-order chi connectivity index (χ0) is 14.3. The lowest BCUT2D eigenvalue weighted by Crippen LogP contribution is -1.96. The fraction of sp³-hybridized carbons (Fsp3) is 0.867. The summed E-state index contributed by atoms with van der Waals surface area (Å²) in [6, 6.07) is 0. The molecule has 0 aliphatic rings. The zero-order valence-electron chi connectivity index (χ0n) is 12.2. The molecule has 0 radical (unpaired) electrons. The van der Waals surface area contributed by atoms with Gasteiger partial charge >= 0.3 is 5.97 Å². The van der Waals surface area contributed by atoms with Crippen LogP contribution in [0.4, 0.5) is 0 Å². The van der Waals surface area contributed by atoms with E-state index in [-0.39, 0.29) is 6.42 Å². The molecular formula is C15H28O3S. The molecule has 0 fully saturated rings. The normalized spacial score (nSPS) is 10.6. The van der Waals surface area contributed by atoms with Gasteiger partial charge in [-0.1, -0.05) is 57.2 Å². The Balaban J connectivity index is 3.19. The Kier molecular flexibility index (Phi) is 13.5. The van der Waals surface area contributed by atoms with E-state index in [4.69, 9.17) is 5.11 Å². The number of carbonyl (C=O) groups is 2. The van der Waals surface area contributed by atoms with Crippen molar-refractivity contribution in [2.75, 3.05) is 5.75 Å². The number of hydrogen-bond donors (Lipinski definition) is 1. The first kappa shape index (κ1) is 18.5. The maximum atomic E-state index is 11.5. The Labute approximate surface area is 121 Å². The Morgan fingerprint density at radius 2 is 1.42 bits per heavy atom. The van der Waals surface area contributed by atoms with Gasteiger partial charge in [0.2, 0.25) is 0 Å². The van der Waals surface area contributed by atoms with Gasteiger partial charge in [-0.25, -0.2) is 0 Å². The number of carboxylic acid groups (broad SMARTS) is 1. The van der Waals surface area contributed by atoms with E-state index in [2.05, 4.69) is 6.92 Å². The lowest BCUT2D eigenvalue weighted by Gasteiger charge is -2.02. The van der Waals surface area contributed by atoms with E-state index in [1.165, 1.54) is 43.9 Å². The van der Waals surface area contributed by atoms with Gasteiger partial charge in [-0.2, -0.15) is 0 Å². The van der Waals surface area contributed by atoms with Crippen molar-refractivity contribution in [2.24, 2.45) is 0 Å². The third-order valence-electron chi connectivity index (χ3n) is 3.03. The molecule has 0 aromatic carbocycles. The summed E-state index contributed by atoms with van der Waals surface area (Å²) in [4.78, 5) is 21.8. The van der Waals surface area contributed by atoms with Crippen molar-refractivity contribution in [1.82, 2.24) is 0 Å². The Morgan fingerprint density at radius 3 is 2.11 bits per heavy atom. The Morgan fingerprint density at radius 1 is 0.842 bits per heavy atom. The van der Waals surface area contributed by atoms with E-state index in [1.54, 1.807) is 0 Å². The van der Waals surface area contributed by atoms with Gasteiger partial charge in [0.15, 0.2) is 5.12 Å². The van der Waals surface area contributed by atoms with Crippen molar-refractivity contribution in [3.8, 4) is 0 Å². The van der Waals surface area contributed by atoms with Crippen LogP contribution in [0.15, 0.2) is 0 Å². The minimum Gasteiger partial charge on any atom is -0.481 e. The second-order valence-corrected chi connectivity index (χ2v) is 6.09. The highest BCUT2D eigenvalue weighted by molar-refractivity contribution is 8.13. The molecule has 0 amide bonds. The van der Waals surface area contributed by atoms with Crippen LogP contribution in [-0.2, 0) is 9.59 Å². The summed E-state index contributed by atoms with van der Waals surface area (Å²) < 4.78 is 0. The van der Waals surface area contributed by atoms with Gasteiger partial charge in [0.1, 0.15) is 0 Å². The summed E-state index contributed by atoms with van der Waals surface area (Å²) in [5, 5.41) is 8.77. The standard InChI is InChI=1S/C15H28O3S/c1-2-3-4-5-6-9-12-15(18)19-13-10-7-8-11-14(16)17/h2-13H2,1H3,(H,16,17). The minimum absolute atomic E-state index is 0.246. The highest BCUT2D eigenvalue weighted by Crippen LogP contribution is 2.14. The van der Waals surface area contributed by atoms with Crippen LogP contribution in [0.1, 0.15) is 77.6 Å². The van der Waals surface area contributed by atoms with Crippen molar-refractivity contribution in [3.05, 3.63) is 0 Å². The third-order valence-corrected chi connectivity index (χ3v) is 4.05. The second-order valence-electron chi connectivity index (χ2n) is 4.94. The number of unbranched alkanes of at least 4 members (excludes halogenated alkanes) is 7. The van der Waals surface area contributed by atoms with Crippen molar-refractivity contribution in [2.45, 2.75) is 77.6 Å². The lowest BCUT2D eigenvalue weighted by atomic mass is 10.1. The number of aliphatic carboxylic acids is 1. The number of carboxylic acids is 1. The average Bonchev–Trinajstić information content (AvgIpc) is 2.37. The molecular weight excluding hydrogens is 260 g/mol. The molecule has 4 heteroatoms. The first-order valence-electron chi connectivity index (χ1n) is 7.54. The predicted molar refractivity (Wildman–Crippen MR) is 81.6 cm³/mol. The van der Waals surface area contributed by atoms with Crippen LogP contribution >= 0.6 is 11.8 Å². The average molecular weight is 288 g/mol. The number of thioether (sulfide) groups is 1. The molecule has 0 aliphatic heterocycles. The van der Waals surface area contributed by atoms with Crippen LogP contribution in [0.5, 0.6) is 0 Å². The van der Waals surface area contributed by atoms with Gasteiger partial charge < -0.3 is 5.11 Å². The summed E-state index contributed by atoms with van der Waals surface area (Å²) >= 11 is 1.42. The highest BCUT2D eigenvalue weighted by Gasteiger charge is 2.03. The molecule has 0 unspecified atom stereocenters. The first-order chi connectivity index (χ1) is 9.16. The Bertz CT molecular complexity index is 242. The van der Waals surface area contributed by atoms with Crippen LogP contribution in [-0.4, -0.2) is 21.9 Å². The summed E-state index contributed by atoms with van der Waals surface area (Å²) in [7, 11) is 0. The lowest BCUT2D eigenvalue weighted by molar-refractivity contribution is -0.137. The largest absolute Gasteiger partial charge is 0.481 e. The number of carbonyl (C=O) groups excluding carboxylic acids is 1. The Hall–Kier alpha value is -0.510. The van der Waals surface area contributed by atoms with Gasteiger partial charge in [0, 0.05) is 18.6 Å². The van der Waals surface area contributed by atoms with E-state index in [1.807, 2.05) is 0 Å². The van der Waals surface area contributed by atoms with Gasteiger partial charge in [-0.3, -0.25) is 9.59 Å². The van der Waals surface area contributed by atoms with Crippen molar-refractivity contribution >= 4 is 22.8 Å². The van der Waals surface area contributed by atoms with Crippen LogP contribution < -0.4 is 0 Å². The molecule has 112 valence electrons. The predicted octanol–water partition coefficient (Wildman–Crippen LogP) is 4.64. The zero-order valence-corrected chi connectivity index (χ0v) is 13.0. The summed E-state index contributed by atoms with van der Waals surface area (Å²) in [5.41, 5.74) is 0. The highest BCUT2D eigenvalue weighted by atomic mass is 32.2. The van der Waals surface area contributed by atoms with Gasteiger partial charge in [0.25, 0.3) is 0 Å². The summed E-state index contributed by atoms with van der Waals surface area (Å²) in [6.45, 7) is 2.20. The van der Waals surface area contributed by atoms with Gasteiger partial charge in [-0.05, 0) is 19.3 Å². The van der Waals surface area contributed by atoms with Gasteiger partial charge in [-0.15, -0.1) is 0 Å². The molecule has 0 atom stereocenters. The molecule has 0 bridgehead atoms. The molecule has 0 aromatic rings.